The van der Waals surface area contributed by atoms with E-state index >= 15 is 0 Å². The lowest BCUT2D eigenvalue weighted by Gasteiger charge is -2.18. The Bertz CT molecular complexity index is 989. The Hall–Kier alpha value is -2.87. The van der Waals surface area contributed by atoms with E-state index in [0.29, 0.717) is 11.4 Å². The Labute approximate surface area is 170 Å². The van der Waals surface area contributed by atoms with Crippen LogP contribution < -0.4 is 15.4 Å². The third-order valence-corrected chi connectivity index (χ3v) is 6.37. The number of anilines is 1. The van der Waals surface area contributed by atoms with Crippen LogP contribution in [0.3, 0.4) is 0 Å². The highest BCUT2D eigenvalue weighted by molar-refractivity contribution is 7.91. The van der Waals surface area contributed by atoms with Gasteiger partial charge in [-0.05, 0) is 43.5 Å². The zero-order valence-electron chi connectivity index (χ0n) is 16.2. The molecule has 1 atom stereocenters. The summed E-state index contributed by atoms with van der Waals surface area (Å²) in [4.78, 5) is 23.6. The van der Waals surface area contributed by atoms with Gasteiger partial charge in [0.2, 0.25) is 5.91 Å². The second kappa shape index (κ2) is 9.09. The predicted octanol–water partition coefficient (Wildman–Crippen LogP) is 2.32. The second-order valence-electron chi connectivity index (χ2n) is 7.06. The molecule has 0 saturated carbocycles. The van der Waals surface area contributed by atoms with E-state index in [2.05, 4.69) is 10.6 Å². The minimum Gasteiger partial charge on any atom is -0.482 e. The number of benzene rings is 2. The van der Waals surface area contributed by atoms with Gasteiger partial charge in [0.15, 0.2) is 16.4 Å². The Kier molecular flexibility index (Phi) is 6.53. The topological polar surface area (TPSA) is 102 Å². The Morgan fingerprint density at radius 2 is 1.97 bits per heavy atom. The maximum atomic E-state index is 12.6. The monoisotopic (exact) mass is 416 g/mol. The van der Waals surface area contributed by atoms with Gasteiger partial charge >= 0.3 is 0 Å². The fraction of sp³-hybridized carbons (Fsp3) is 0.333. The van der Waals surface area contributed by atoms with Crippen molar-refractivity contribution in [3.63, 3.8) is 0 Å². The maximum absolute atomic E-state index is 12.6. The molecule has 1 aliphatic heterocycles. The molecule has 8 heteroatoms. The quantitative estimate of drug-likeness (QED) is 0.688. The molecule has 3 rings (SSSR count). The van der Waals surface area contributed by atoms with Gasteiger partial charge in [-0.25, -0.2) is 8.42 Å². The summed E-state index contributed by atoms with van der Waals surface area (Å²) < 4.78 is 30.4. The third kappa shape index (κ3) is 5.80. The van der Waals surface area contributed by atoms with E-state index in [1.165, 1.54) is 23.8 Å². The lowest BCUT2D eigenvalue weighted by atomic mass is 10.1. The first-order chi connectivity index (χ1) is 13.8. The molecule has 154 valence electrons. The van der Waals surface area contributed by atoms with Crippen LogP contribution in [0.15, 0.2) is 53.4 Å². The zero-order valence-corrected chi connectivity index (χ0v) is 17.0. The van der Waals surface area contributed by atoms with Crippen LogP contribution in [0.2, 0.25) is 0 Å². The normalized spacial score (nSPS) is 14.3. The molecule has 0 aromatic heterocycles. The average molecular weight is 416 g/mol. The van der Waals surface area contributed by atoms with Gasteiger partial charge in [0, 0.05) is 12.5 Å². The molecule has 29 heavy (non-hydrogen) atoms. The minimum absolute atomic E-state index is 0.0481. The molecular weight excluding hydrogens is 392 g/mol. The van der Waals surface area contributed by atoms with Crippen LogP contribution in [-0.4, -0.2) is 38.6 Å². The lowest BCUT2D eigenvalue weighted by Crippen LogP contribution is -2.34. The van der Waals surface area contributed by atoms with Crippen molar-refractivity contribution < 1.29 is 22.7 Å². The standard InChI is InChI=1S/C21H24N2O5S/c1-15(7-8-16-5-3-2-4-6-16)22-20(24)11-12-29(26,27)17-9-10-19-18(13-17)23-21(25)14-28-19/h2-6,9-10,13,15H,7-8,11-12,14H2,1H3,(H,22,24)(H,23,25)/t15-/m0/s1. The van der Waals surface area contributed by atoms with Crippen LogP contribution in [0.5, 0.6) is 5.75 Å². The fourth-order valence-electron chi connectivity index (χ4n) is 3.05. The summed E-state index contributed by atoms with van der Waals surface area (Å²) in [6.07, 6.45) is 1.48. The molecule has 2 N–H and O–H groups in total. The van der Waals surface area contributed by atoms with Gasteiger partial charge in [0.25, 0.3) is 5.91 Å². The first kappa shape index (κ1) is 20.9. The van der Waals surface area contributed by atoms with Crippen LogP contribution in [0.1, 0.15) is 25.3 Å². The molecule has 0 spiro atoms. The highest BCUT2D eigenvalue weighted by atomic mass is 32.2. The molecule has 0 aliphatic carbocycles. The van der Waals surface area contributed by atoms with E-state index in [-0.39, 0.29) is 41.5 Å². The van der Waals surface area contributed by atoms with Gasteiger partial charge in [-0.15, -0.1) is 0 Å². The van der Waals surface area contributed by atoms with Crippen molar-refractivity contribution in [1.29, 1.82) is 0 Å². The van der Waals surface area contributed by atoms with Crippen molar-refractivity contribution in [2.24, 2.45) is 0 Å². The highest BCUT2D eigenvalue weighted by Crippen LogP contribution is 2.30. The molecule has 1 heterocycles. The van der Waals surface area contributed by atoms with Gasteiger partial charge in [0.05, 0.1) is 16.3 Å². The molecule has 0 bridgehead atoms. The van der Waals surface area contributed by atoms with Crippen LogP contribution in [0, 0.1) is 0 Å². The second-order valence-corrected chi connectivity index (χ2v) is 9.17. The summed E-state index contributed by atoms with van der Waals surface area (Å²) in [5.41, 5.74) is 1.51. The Balaban J connectivity index is 1.51. The van der Waals surface area contributed by atoms with Gasteiger partial charge in [-0.1, -0.05) is 30.3 Å². The van der Waals surface area contributed by atoms with Crippen molar-refractivity contribution in [1.82, 2.24) is 5.32 Å². The summed E-state index contributed by atoms with van der Waals surface area (Å²) in [5.74, 6) is -0.522. The molecule has 7 nitrogen and oxygen atoms in total. The summed E-state index contributed by atoms with van der Waals surface area (Å²) in [6, 6.07) is 14.2. The van der Waals surface area contributed by atoms with Gasteiger partial charge in [-0.3, -0.25) is 9.59 Å². The Morgan fingerprint density at radius 3 is 2.72 bits per heavy atom. The molecule has 0 fully saturated rings. The molecular formula is C21H24N2O5S. The van der Waals surface area contributed by atoms with Crippen molar-refractivity contribution >= 4 is 27.3 Å². The number of fused-ring (bicyclic) bond motifs is 1. The molecule has 2 aromatic carbocycles. The first-order valence-corrected chi connectivity index (χ1v) is 11.1. The average Bonchev–Trinajstić information content (AvgIpc) is 2.71. The molecule has 2 aromatic rings. The number of sulfone groups is 1. The number of carbonyl (C=O) groups excluding carboxylic acids is 2. The van der Waals surface area contributed by atoms with E-state index in [0.717, 1.165) is 12.8 Å². The molecule has 1 aliphatic rings. The molecule has 0 saturated heterocycles. The van der Waals surface area contributed by atoms with E-state index in [1.54, 1.807) is 0 Å². The van der Waals surface area contributed by atoms with E-state index in [1.807, 2.05) is 37.3 Å². The Morgan fingerprint density at radius 1 is 1.21 bits per heavy atom. The smallest absolute Gasteiger partial charge is 0.262 e. The summed E-state index contributed by atoms with van der Waals surface area (Å²) in [7, 11) is -3.67. The number of hydrogen-bond donors (Lipinski definition) is 2. The number of hydrogen-bond acceptors (Lipinski definition) is 5. The van der Waals surface area contributed by atoms with Gasteiger partial charge in [0.1, 0.15) is 5.75 Å². The third-order valence-electron chi connectivity index (χ3n) is 4.66. The number of ether oxygens (including phenoxy) is 1. The van der Waals surface area contributed by atoms with Crippen LogP contribution >= 0.6 is 0 Å². The molecule has 0 radical (unpaired) electrons. The van der Waals surface area contributed by atoms with E-state index in [4.69, 9.17) is 4.74 Å². The number of carbonyl (C=O) groups is 2. The summed E-state index contributed by atoms with van der Waals surface area (Å²) in [5, 5.41) is 5.43. The largest absolute Gasteiger partial charge is 0.482 e. The number of rotatable bonds is 8. The van der Waals surface area contributed by atoms with E-state index in [9.17, 15) is 18.0 Å². The maximum Gasteiger partial charge on any atom is 0.262 e. The van der Waals surface area contributed by atoms with Crippen molar-refractivity contribution in [3.05, 3.63) is 54.1 Å². The fourth-order valence-corrected chi connectivity index (χ4v) is 4.31. The summed E-state index contributed by atoms with van der Waals surface area (Å²) in [6.45, 7) is 1.81. The minimum atomic E-state index is -3.67. The lowest BCUT2D eigenvalue weighted by molar-refractivity contribution is -0.121. The number of nitrogens with one attached hydrogen (secondary N) is 2. The van der Waals surface area contributed by atoms with Crippen molar-refractivity contribution in [2.45, 2.75) is 37.1 Å². The number of amides is 2. The van der Waals surface area contributed by atoms with Crippen molar-refractivity contribution in [2.75, 3.05) is 17.7 Å². The molecule has 2 amide bonds. The summed E-state index contributed by atoms with van der Waals surface area (Å²) >= 11 is 0. The first-order valence-electron chi connectivity index (χ1n) is 9.46. The van der Waals surface area contributed by atoms with Gasteiger partial charge < -0.3 is 15.4 Å². The van der Waals surface area contributed by atoms with Crippen molar-refractivity contribution in [3.8, 4) is 5.75 Å². The predicted molar refractivity (Wildman–Crippen MR) is 110 cm³/mol. The zero-order chi connectivity index (χ0) is 20.9. The van der Waals surface area contributed by atoms with Gasteiger partial charge in [-0.2, -0.15) is 0 Å². The van der Waals surface area contributed by atoms with Crippen LogP contribution in [-0.2, 0) is 25.8 Å². The number of aryl methyl sites for hydroxylation is 1. The van der Waals surface area contributed by atoms with Crippen LogP contribution in [0.25, 0.3) is 0 Å². The van der Waals surface area contributed by atoms with Crippen LogP contribution in [0.4, 0.5) is 5.69 Å². The SMILES string of the molecule is C[C@@H](CCc1ccccc1)NC(=O)CCS(=O)(=O)c1ccc2c(c1)NC(=O)CO2. The van der Waals surface area contributed by atoms with E-state index < -0.39 is 9.84 Å². The highest BCUT2D eigenvalue weighted by Gasteiger charge is 2.22. The molecule has 0 unspecified atom stereocenters.